The molecule has 0 aliphatic carbocycles. The van der Waals surface area contributed by atoms with Crippen molar-refractivity contribution < 1.29 is 37.5 Å². The standard InChI is InChI=1S/C27H29F3N4O5/c1-4-39-21-15-34(16-21)14-20-12-9-18(13-22(20)27(28,29)30)6-5-17-7-10-19(11-8-17)26(37)33(3)23(24(35)31-2)25(36)32-38/h7-13,21,23,38H,4,14-16H2,1-3H3,(H,31,35)(H,32,36). The van der Waals surface area contributed by atoms with Gasteiger partial charge in [0, 0.05) is 57.0 Å². The third kappa shape index (κ3) is 7.35. The maximum Gasteiger partial charge on any atom is 0.416 e. The van der Waals surface area contributed by atoms with Crippen LogP contribution in [0.2, 0.25) is 0 Å². The lowest BCUT2D eigenvalue weighted by molar-refractivity contribution is -0.141. The summed E-state index contributed by atoms with van der Waals surface area (Å²) in [6.07, 6.45) is -4.49. The van der Waals surface area contributed by atoms with Gasteiger partial charge in [-0.3, -0.25) is 24.5 Å². The molecule has 1 unspecified atom stereocenters. The Hall–Kier alpha value is -3.92. The Labute approximate surface area is 223 Å². The summed E-state index contributed by atoms with van der Waals surface area (Å²) in [6, 6.07) is 8.20. The Balaban J connectivity index is 1.74. The average Bonchev–Trinajstić information content (AvgIpc) is 2.90. The van der Waals surface area contributed by atoms with E-state index in [0.717, 1.165) is 11.0 Å². The highest BCUT2D eigenvalue weighted by atomic mass is 19.4. The van der Waals surface area contributed by atoms with E-state index < -0.39 is 35.5 Å². The SMILES string of the molecule is CCOC1CN(Cc2ccc(C#Cc3ccc(C(=O)N(C)C(C(=O)NC)C(=O)NO)cc3)cc2C(F)(F)F)C1. The maximum atomic E-state index is 13.8. The molecule has 39 heavy (non-hydrogen) atoms. The highest BCUT2D eigenvalue weighted by Crippen LogP contribution is 2.34. The van der Waals surface area contributed by atoms with Crippen LogP contribution in [0, 0.1) is 11.8 Å². The third-order valence-corrected chi connectivity index (χ3v) is 6.18. The van der Waals surface area contributed by atoms with Crippen molar-refractivity contribution in [1.29, 1.82) is 0 Å². The van der Waals surface area contributed by atoms with Gasteiger partial charge in [0.15, 0.2) is 6.04 Å². The van der Waals surface area contributed by atoms with Crippen LogP contribution >= 0.6 is 0 Å². The molecule has 0 radical (unpaired) electrons. The topological polar surface area (TPSA) is 111 Å². The number of hydroxylamine groups is 1. The van der Waals surface area contributed by atoms with Crippen LogP contribution in [-0.4, -0.2) is 78.7 Å². The Morgan fingerprint density at radius 1 is 1.10 bits per heavy atom. The number of hydrogen-bond donors (Lipinski definition) is 3. The second kappa shape index (κ2) is 12.8. The molecule has 0 bridgehead atoms. The van der Waals surface area contributed by atoms with Crippen LogP contribution in [0.15, 0.2) is 42.5 Å². The molecule has 2 aromatic rings. The fourth-order valence-corrected chi connectivity index (χ4v) is 4.12. The van der Waals surface area contributed by atoms with Crippen LogP contribution < -0.4 is 10.8 Å². The van der Waals surface area contributed by atoms with Crippen LogP contribution in [0.25, 0.3) is 0 Å². The number of carbonyl (C=O) groups is 3. The molecule has 0 spiro atoms. The Kier molecular flexibility index (Phi) is 9.69. The molecule has 3 amide bonds. The predicted octanol–water partition coefficient (Wildman–Crippen LogP) is 2.02. The number of likely N-dealkylation sites (N-methyl/N-ethyl adjacent to an activating group) is 2. The monoisotopic (exact) mass is 546 g/mol. The third-order valence-electron chi connectivity index (χ3n) is 6.18. The van der Waals surface area contributed by atoms with E-state index >= 15 is 0 Å². The van der Waals surface area contributed by atoms with Gasteiger partial charge in [0.2, 0.25) is 0 Å². The minimum atomic E-state index is -4.54. The summed E-state index contributed by atoms with van der Waals surface area (Å²) in [5, 5.41) is 11.1. The number of benzene rings is 2. The van der Waals surface area contributed by atoms with Crippen molar-refractivity contribution in [2.24, 2.45) is 0 Å². The average molecular weight is 547 g/mol. The molecule has 3 N–H and O–H groups in total. The zero-order valence-corrected chi connectivity index (χ0v) is 21.6. The fraction of sp³-hybridized carbons (Fsp3) is 0.370. The highest BCUT2D eigenvalue weighted by Gasteiger charge is 2.36. The van der Waals surface area contributed by atoms with Crippen molar-refractivity contribution >= 4 is 17.7 Å². The van der Waals surface area contributed by atoms with E-state index in [1.54, 1.807) is 0 Å². The van der Waals surface area contributed by atoms with Crippen molar-refractivity contribution in [3.8, 4) is 11.8 Å². The molecule has 12 heteroatoms. The number of hydrogen-bond acceptors (Lipinski definition) is 6. The number of halogens is 3. The zero-order chi connectivity index (χ0) is 28.7. The second-order valence-electron chi connectivity index (χ2n) is 8.88. The Bertz CT molecular complexity index is 1250. The minimum absolute atomic E-state index is 0.0499. The van der Waals surface area contributed by atoms with Crippen molar-refractivity contribution in [3.63, 3.8) is 0 Å². The number of nitrogens with zero attached hydrogens (tertiary/aromatic N) is 2. The molecule has 3 rings (SSSR count). The molecule has 1 saturated heterocycles. The summed E-state index contributed by atoms with van der Waals surface area (Å²) in [7, 11) is 2.51. The second-order valence-corrected chi connectivity index (χ2v) is 8.88. The number of amides is 3. The lowest BCUT2D eigenvalue weighted by Gasteiger charge is -2.39. The van der Waals surface area contributed by atoms with Gasteiger partial charge in [0.05, 0.1) is 11.7 Å². The number of alkyl halides is 3. The molecule has 1 aliphatic rings. The molecule has 0 aromatic heterocycles. The van der Waals surface area contributed by atoms with Gasteiger partial charge in [-0.25, -0.2) is 5.48 Å². The lowest BCUT2D eigenvalue weighted by atomic mass is 10.0. The molecular formula is C27H29F3N4O5. The predicted molar refractivity (Wildman–Crippen MR) is 134 cm³/mol. The number of rotatable bonds is 8. The number of ether oxygens (including phenoxy) is 1. The van der Waals surface area contributed by atoms with E-state index in [9.17, 15) is 27.6 Å². The van der Waals surface area contributed by atoms with E-state index in [1.807, 2.05) is 11.8 Å². The summed E-state index contributed by atoms with van der Waals surface area (Å²) in [6.45, 7) is 3.78. The molecule has 0 saturated carbocycles. The van der Waals surface area contributed by atoms with Gasteiger partial charge in [0.1, 0.15) is 0 Å². The van der Waals surface area contributed by atoms with Gasteiger partial charge in [-0.2, -0.15) is 13.2 Å². The van der Waals surface area contributed by atoms with Gasteiger partial charge < -0.3 is 15.0 Å². The maximum absolute atomic E-state index is 13.8. The van der Waals surface area contributed by atoms with Gasteiger partial charge >= 0.3 is 6.18 Å². The Morgan fingerprint density at radius 2 is 1.72 bits per heavy atom. The van der Waals surface area contributed by atoms with Crippen LogP contribution in [-0.2, 0) is 27.0 Å². The molecule has 208 valence electrons. The van der Waals surface area contributed by atoms with Gasteiger partial charge in [-0.05, 0) is 48.9 Å². The van der Waals surface area contributed by atoms with Crippen LogP contribution in [0.4, 0.5) is 13.2 Å². The van der Waals surface area contributed by atoms with E-state index in [4.69, 9.17) is 9.94 Å². The van der Waals surface area contributed by atoms with Gasteiger partial charge in [-0.1, -0.05) is 17.9 Å². The normalized spacial score (nSPS) is 14.4. The summed E-state index contributed by atoms with van der Waals surface area (Å²) < 4.78 is 46.7. The van der Waals surface area contributed by atoms with Crippen molar-refractivity contribution in [3.05, 3.63) is 70.3 Å². The van der Waals surface area contributed by atoms with E-state index in [1.165, 1.54) is 56.0 Å². The summed E-state index contributed by atoms with van der Waals surface area (Å²) >= 11 is 0. The van der Waals surface area contributed by atoms with Gasteiger partial charge in [-0.15, -0.1) is 0 Å². The summed E-state index contributed by atoms with van der Waals surface area (Å²) in [5.41, 5.74) is 1.53. The summed E-state index contributed by atoms with van der Waals surface area (Å²) in [4.78, 5) is 39.4. The molecule has 1 atom stereocenters. The Morgan fingerprint density at radius 3 is 2.28 bits per heavy atom. The first kappa shape index (κ1) is 29.6. The lowest BCUT2D eigenvalue weighted by Crippen LogP contribution is -2.54. The van der Waals surface area contributed by atoms with Crippen LogP contribution in [0.5, 0.6) is 0 Å². The first-order valence-electron chi connectivity index (χ1n) is 12.1. The molecule has 1 fully saturated rings. The van der Waals surface area contributed by atoms with Crippen LogP contribution in [0.1, 0.15) is 39.5 Å². The van der Waals surface area contributed by atoms with E-state index in [2.05, 4.69) is 17.2 Å². The molecular weight excluding hydrogens is 517 g/mol. The van der Waals surface area contributed by atoms with Crippen molar-refractivity contribution in [1.82, 2.24) is 20.6 Å². The van der Waals surface area contributed by atoms with E-state index in [0.29, 0.717) is 25.3 Å². The highest BCUT2D eigenvalue weighted by molar-refractivity contribution is 6.08. The fourth-order valence-electron chi connectivity index (χ4n) is 4.12. The van der Waals surface area contributed by atoms with Gasteiger partial charge in [0.25, 0.3) is 17.7 Å². The number of nitrogens with one attached hydrogen (secondary N) is 2. The van der Waals surface area contributed by atoms with Crippen LogP contribution in [0.3, 0.4) is 0 Å². The largest absolute Gasteiger partial charge is 0.416 e. The quantitative estimate of drug-likeness (QED) is 0.202. The smallest absolute Gasteiger partial charge is 0.376 e. The number of carbonyl (C=O) groups excluding carboxylic acids is 3. The van der Waals surface area contributed by atoms with E-state index in [-0.39, 0.29) is 29.3 Å². The number of likely N-dealkylation sites (tertiary alicyclic amines) is 1. The molecule has 1 aliphatic heterocycles. The minimum Gasteiger partial charge on any atom is -0.376 e. The zero-order valence-electron chi connectivity index (χ0n) is 21.6. The first-order valence-corrected chi connectivity index (χ1v) is 12.1. The molecule has 2 aromatic carbocycles. The summed E-state index contributed by atoms with van der Waals surface area (Å²) in [5.74, 6) is 2.95. The molecule has 9 nitrogen and oxygen atoms in total. The van der Waals surface area contributed by atoms with Crippen molar-refractivity contribution in [2.75, 3.05) is 33.8 Å². The molecule has 1 heterocycles. The van der Waals surface area contributed by atoms with Crippen molar-refractivity contribution in [2.45, 2.75) is 31.8 Å². The first-order chi connectivity index (χ1) is 18.5.